The Balaban J connectivity index is 0.000000144. The Morgan fingerprint density at radius 2 is 0.520 bits per heavy atom. The maximum absolute atomic E-state index is 4.80. The van der Waals surface area contributed by atoms with Crippen molar-refractivity contribution < 1.29 is 0 Å². The number of fused-ring (bicyclic) bond motifs is 4. The van der Waals surface area contributed by atoms with Crippen LogP contribution in [0.4, 0.5) is 34.1 Å². The van der Waals surface area contributed by atoms with Crippen molar-refractivity contribution >= 4 is 113 Å². The van der Waals surface area contributed by atoms with Gasteiger partial charge in [0.2, 0.25) is 0 Å². The van der Waals surface area contributed by atoms with Crippen molar-refractivity contribution in [3.05, 3.63) is 266 Å². The topological polar surface area (TPSA) is 58.0 Å². The maximum Gasteiger partial charge on any atom is 0.114 e. The maximum atomic E-state index is 4.80. The molecule has 0 aliphatic heterocycles. The summed E-state index contributed by atoms with van der Waals surface area (Å²) in [5, 5.41) is 6.89. The molecule has 0 saturated carbocycles. The van der Waals surface area contributed by atoms with Gasteiger partial charge in [0.25, 0.3) is 0 Å². The van der Waals surface area contributed by atoms with Crippen molar-refractivity contribution in [2.75, 3.05) is 9.80 Å². The van der Waals surface area contributed by atoms with E-state index in [4.69, 9.17) is 17.5 Å². The number of rotatable bonds is 10. The lowest BCUT2D eigenvalue weighted by atomic mass is 9.90. The first kappa shape index (κ1) is 45.7. The van der Waals surface area contributed by atoms with Crippen molar-refractivity contribution in [3.63, 3.8) is 0 Å². The average Bonchev–Trinajstić information content (AvgIpc) is 4.31. The normalized spacial score (nSPS) is 11.2. The lowest BCUT2D eigenvalue weighted by Crippen LogP contribution is -2.09. The highest BCUT2D eigenvalue weighted by Gasteiger charge is 2.23. The molecule has 14 rings (SSSR count). The molecule has 0 saturated heterocycles. The van der Waals surface area contributed by atoms with E-state index in [1.807, 2.05) is 30.3 Å². The number of nitrogens with zero attached hydrogens (tertiary/aromatic N) is 6. The third-order valence-electron chi connectivity index (χ3n) is 13.6. The number of thiophene rings is 1. The quantitative estimate of drug-likeness (QED) is 0.136. The number of hydrogen-bond donors (Lipinski definition) is 0. The van der Waals surface area contributed by atoms with Gasteiger partial charge in [0.1, 0.15) is 22.1 Å². The van der Waals surface area contributed by atoms with Crippen LogP contribution >= 0.6 is 34.8 Å². The summed E-state index contributed by atoms with van der Waals surface area (Å²) in [6.45, 7) is 0. The van der Waals surface area contributed by atoms with Crippen LogP contribution in [0.3, 0.4) is 0 Å². The molecule has 0 amide bonds. The van der Waals surface area contributed by atoms with Gasteiger partial charge in [-0.3, -0.25) is 0 Å². The Kier molecular flexibility index (Phi) is 12.4. The molecule has 0 radical (unpaired) electrons. The molecule has 0 unspecified atom stereocenters. The zero-order chi connectivity index (χ0) is 49.9. The van der Waals surface area contributed by atoms with E-state index in [2.05, 4.69) is 246 Å². The number of benzene rings is 11. The first-order valence-electron chi connectivity index (χ1n) is 24.7. The Morgan fingerprint density at radius 1 is 0.240 bits per heavy atom. The molecule has 14 aromatic rings. The Labute approximate surface area is 447 Å². The minimum Gasteiger partial charge on any atom is -0.311 e. The second kappa shape index (κ2) is 20.4. The van der Waals surface area contributed by atoms with Crippen molar-refractivity contribution in [3.8, 4) is 43.8 Å². The van der Waals surface area contributed by atoms with Crippen molar-refractivity contribution in [2.45, 2.75) is 0 Å². The third kappa shape index (κ3) is 8.68. The van der Waals surface area contributed by atoms with Gasteiger partial charge in [0.05, 0.1) is 23.5 Å². The molecule has 0 N–H and O–H groups in total. The molecule has 3 aromatic heterocycles. The SMILES string of the molecule is c1ccc(-c2c3ccccc3c(-c3ccc(N(c4ccccc4)c4ccccc4)cc3)c3nsnc23)cc1.c1ccc(N(c2ccccc2)c2ccc(-c3c4ccccc4c(-c4cccs4)c4nsnc34)cc2)cc1. The van der Waals surface area contributed by atoms with Gasteiger partial charge in [-0.05, 0) is 122 Å². The molecule has 75 heavy (non-hydrogen) atoms. The lowest BCUT2D eigenvalue weighted by molar-refractivity contribution is 1.28. The summed E-state index contributed by atoms with van der Waals surface area (Å²) in [5.74, 6) is 0. The van der Waals surface area contributed by atoms with Crippen LogP contribution in [-0.2, 0) is 0 Å². The molecular formula is C66H44N6S3. The van der Waals surface area contributed by atoms with Crippen LogP contribution in [0.2, 0.25) is 0 Å². The Morgan fingerprint density at radius 3 is 0.853 bits per heavy atom. The monoisotopic (exact) mass is 1020 g/mol. The van der Waals surface area contributed by atoms with Crippen LogP contribution in [0.25, 0.3) is 87.4 Å². The van der Waals surface area contributed by atoms with Crippen LogP contribution in [-0.4, -0.2) is 17.5 Å². The van der Waals surface area contributed by atoms with Crippen LogP contribution in [0.1, 0.15) is 0 Å². The highest BCUT2D eigenvalue weighted by atomic mass is 32.1. The molecule has 0 spiro atoms. The lowest BCUT2D eigenvalue weighted by Gasteiger charge is -2.25. The van der Waals surface area contributed by atoms with Gasteiger partial charge in [0.15, 0.2) is 0 Å². The summed E-state index contributed by atoms with van der Waals surface area (Å²) in [6.07, 6.45) is 0. The largest absolute Gasteiger partial charge is 0.311 e. The Hall–Kier alpha value is -9.12. The van der Waals surface area contributed by atoms with Crippen LogP contribution in [0.15, 0.2) is 266 Å². The first-order chi connectivity index (χ1) is 37.3. The summed E-state index contributed by atoms with van der Waals surface area (Å²) >= 11 is 4.30. The molecule has 0 bridgehead atoms. The second-order valence-corrected chi connectivity index (χ2v) is 20.0. The third-order valence-corrected chi connectivity index (χ3v) is 15.5. The predicted octanol–water partition coefficient (Wildman–Crippen LogP) is 19.4. The van der Waals surface area contributed by atoms with E-state index in [0.717, 1.165) is 89.6 Å². The predicted molar refractivity (Wildman–Crippen MR) is 319 cm³/mol. The van der Waals surface area contributed by atoms with Crippen LogP contribution < -0.4 is 9.80 Å². The van der Waals surface area contributed by atoms with Gasteiger partial charge < -0.3 is 9.80 Å². The van der Waals surface area contributed by atoms with E-state index < -0.39 is 0 Å². The number of anilines is 6. The fourth-order valence-corrected chi connectivity index (χ4v) is 12.2. The molecule has 0 aliphatic rings. The van der Waals surface area contributed by atoms with E-state index in [-0.39, 0.29) is 0 Å². The van der Waals surface area contributed by atoms with Gasteiger partial charge in [-0.2, -0.15) is 17.5 Å². The van der Waals surface area contributed by atoms with E-state index in [1.54, 1.807) is 11.3 Å². The molecule has 9 heteroatoms. The molecule has 6 nitrogen and oxygen atoms in total. The molecular weight excluding hydrogens is 973 g/mol. The molecule has 11 aromatic carbocycles. The van der Waals surface area contributed by atoms with E-state index in [1.165, 1.54) is 55.4 Å². The molecule has 0 atom stereocenters. The fourth-order valence-electron chi connectivity index (χ4n) is 10.3. The van der Waals surface area contributed by atoms with Gasteiger partial charge >= 0.3 is 0 Å². The average molecular weight is 1020 g/mol. The minimum absolute atomic E-state index is 0.947. The van der Waals surface area contributed by atoms with Crippen LogP contribution in [0, 0.1) is 0 Å². The summed E-state index contributed by atoms with van der Waals surface area (Å²) < 4.78 is 19.1. The Bertz CT molecular complexity index is 4130. The highest BCUT2D eigenvalue weighted by Crippen LogP contribution is 2.46. The van der Waals surface area contributed by atoms with Gasteiger partial charge in [-0.1, -0.05) is 182 Å². The first-order valence-corrected chi connectivity index (χ1v) is 27.1. The summed E-state index contributed by atoms with van der Waals surface area (Å²) in [4.78, 5) is 5.78. The van der Waals surface area contributed by atoms with Crippen molar-refractivity contribution in [1.29, 1.82) is 0 Å². The van der Waals surface area contributed by atoms with Gasteiger partial charge in [-0.15, -0.1) is 11.3 Å². The molecule has 356 valence electrons. The number of aromatic nitrogens is 4. The van der Waals surface area contributed by atoms with Crippen molar-refractivity contribution in [1.82, 2.24) is 17.5 Å². The highest BCUT2D eigenvalue weighted by molar-refractivity contribution is 7.13. The zero-order valence-electron chi connectivity index (χ0n) is 40.3. The number of para-hydroxylation sites is 4. The summed E-state index contributed by atoms with van der Waals surface area (Å²) in [7, 11) is 0. The second-order valence-electron chi connectivity index (χ2n) is 18.0. The summed E-state index contributed by atoms with van der Waals surface area (Å²) in [6, 6.07) is 91.5. The minimum atomic E-state index is 0.947. The van der Waals surface area contributed by atoms with Gasteiger partial charge in [0, 0.05) is 61.3 Å². The fraction of sp³-hybridized carbons (Fsp3) is 0. The van der Waals surface area contributed by atoms with Crippen molar-refractivity contribution in [2.24, 2.45) is 0 Å². The zero-order valence-corrected chi connectivity index (χ0v) is 42.8. The summed E-state index contributed by atoms with van der Waals surface area (Å²) in [5.41, 5.74) is 18.5. The van der Waals surface area contributed by atoms with Gasteiger partial charge in [-0.25, -0.2) is 0 Å². The molecule has 0 aliphatic carbocycles. The molecule has 3 heterocycles. The van der Waals surface area contributed by atoms with E-state index in [0.29, 0.717) is 0 Å². The van der Waals surface area contributed by atoms with E-state index in [9.17, 15) is 0 Å². The van der Waals surface area contributed by atoms with Crippen LogP contribution in [0.5, 0.6) is 0 Å². The smallest absolute Gasteiger partial charge is 0.114 e. The van der Waals surface area contributed by atoms with E-state index >= 15 is 0 Å². The number of hydrogen-bond acceptors (Lipinski definition) is 9. The standard InChI is InChI=1S/C34H23N3S.C32H21N3S2/c1-4-12-24(13-5-1)31-29-18-10-11-19-30(29)32(34-33(31)35-38-36-34)25-20-22-28(23-21-25)37(26-14-6-2-7-15-26)27-16-8-3-9-17-27;1-3-10-23(11-4-1)35(24-12-5-2-6-13-24)25-19-17-22(18-20-25)29-26-14-7-8-15-27(26)30(28-16-9-21-36-28)32-31(29)33-37-34-32/h1-23H;1-21H. The molecule has 0 fully saturated rings.